The van der Waals surface area contributed by atoms with Gasteiger partial charge in [-0.2, -0.15) is 0 Å². The zero-order chi connectivity index (χ0) is 17.5. The van der Waals surface area contributed by atoms with Crippen LogP contribution in [0.3, 0.4) is 0 Å². The number of carbonyl (C=O) groups excluding carboxylic acids is 1. The molecule has 0 aliphatic carbocycles. The van der Waals surface area contributed by atoms with Crippen molar-refractivity contribution >= 4 is 17.6 Å². The van der Waals surface area contributed by atoms with Crippen LogP contribution in [0.2, 0.25) is 0 Å². The van der Waals surface area contributed by atoms with E-state index in [1.807, 2.05) is 44.2 Å². The Hall–Kier alpha value is -2.82. The third-order valence-corrected chi connectivity index (χ3v) is 3.74. The molecule has 2 rings (SSSR count). The summed E-state index contributed by atoms with van der Waals surface area (Å²) in [5.74, 6) is -0.846. The lowest BCUT2D eigenvalue weighted by Crippen LogP contribution is -2.21. The largest absolute Gasteiger partial charge is 0.482 e. The number of nitrogens with one attached hydrogen (secondary N) is 1. The molecule has 0 heterocycles. The summed E-state index contributed by atoms with van der Waals surface area (Å²) in [4.78, 5) is 23.1. The first-order chi connectivity index (χ1) is 11.5. The Labute approximate surface area is 141 Å². The fraction of sp³-hybridized carbons (Fsp3) is 0.263. The lowest BCUT2D eigenvalue weighted by Gasteiger charge is -2.17. The maximum absolute atomic E-state index is 12.6. The number of hydrogen-bond acceptors (Lipinski definition) is 3. The molecule has 0 spiro atoms. The summed E-state index contributed by atoms with van der Waals surface area (Å²) in [7, 11) is 0. The highest BCUT2D eigenvalue weighted by Gasteiger charge is 2.19. The molecule has 2 N–H and O–H groups in total. The molecule has 126 valence electrons. The summed E-state index contributed by atoms with van der Waals surface area (Å²) in [6.07, 6.45) is 0.703. The van der Waals surface area contributed by atoms with Crippen molar-refractivity contribution in [1.29, 1.82) is 0 Å². The second-order valence-corrected chi connectivity index (χ2v) is 5.52. The second kappa shape index (κ2) is 8.15. The molecule has 0 aromatic heterocycles. The average Bonchev–Trinajstić information content (AvgIpc) is 2.57. The van der Waals surface area contributed by atoms with Crippen molar-refractivity contribution in [1.82, 2.24) is 0 Å². The predicted molar refractivity (Wildman–Crippen MR) is 92.4 cm³/mol. The van der Waals surface area contributed by atoms with Crippen molar-refractivity contribution in [3.8, 4) is 5.75 Å². The van der Waals surface area contributed by atoms with Crippen molar-refractivity contribution in [3.05, 3.63) is 59.7 Å². The van der Waals surface area contributed by atoms with Gasteiger partial charge in [0, 0.05) is 5.69 Å². The van der Waals surface area contributed by atoms with Crippen LogP contribution in [0, 0.1) is 6.92 Å². The van der Waals surface area contributed by atoms with Crippen molar-refractivity contribution in [3.63, 3.8) is 0 Å². The van der Waals surface area contributed by atoms with Crippen molar-refractivity contribution in [2.24, 2.45) is 0 Å². The van der Waals surface area contributed by atoms with Gasteiger partial charge in [0.1, 0.15) is 5.75 Å². The minimum absolute atomic E-state index is 0.0639. The molecule has 1 atom stereocenters. The Morgan fingerprint density at radius 2 is 1.88 bits per heavy atom. The van der Waals surface area contributed by atoms with Crippen molar-refractivity contribution < 1.29 is 19.4 Å². The molecular formula is C19H21NO4. The van der Waals surface area contributed by atoms with E-state index < -0.39 is 12.6 Å². The first kappa shape index (κ1) is 17.5. The molecule has 0 aliphatic heterocycles. The number of hydrogen-bond donors (Lipinski definition) is 2. The van der Waals surface area contributed by atoms with E-state index in [9.17, 15) is 9.59 Å². The SMILES string of the molecule is CCC(C(=O)Nc1ccc(OCC(=O)O)cc1C)c1ccccc1. The van der Waals surface area contributed by atoms with Crippen LogP contribution in [0.5, 0.6) is 5.75 Å². The van der Waals surface area contributed by atoms with Gasteiger partial charge >= 0.3 is 5.97 Å². The topological polar surface area (TPSA) is 75.6 Å². The normalized spacial score (nSPS) is 11.6. The number of ether oxygens (including phenoxy) is 1. The van der Waals surface area contributed by atoms with Crippen molar-refractivity contribution in [2.45, 2.75) is 26.2 Å². The van der Waals surface area contributed by atoms with Crippen LogP contribution < -0.4 is 10.1 Å². The van der Waals surface area contributed by atoms with E-state index in [2.05, 4.69) is 5.32 Å². The van der Waals surface area contributed by atoms with Crippen LogP contribution in [-0.2, 0) is 9.59 Å². The highest BCUT2D eigenvalue weighted by molar-refractivity contribution is 5.96. The van der Waals surface area contributed by atoms with Gasteiger partial charge < -0.3 is 15.2 Å². The van der Waals surface area contributed by atoms with E-state index in [0.717, 1.165) is 11.1 Å². The fourth-order valence-electron chi connectivity index (χ4n) is 2.49. The monoisotopic (exact) mass is 327 g/mol. The summed E-state index contributed by atoms with van der Waals surface area (Å²) in [6.45, 7) is 3.43. The van der Waals surface area contributed by atoms with Crippen LogP contribution in [0.4, 0.5) is 5.69 Å². The number of carboxylic acids is 1. The van der Waals surface area contributed by atoms with Crippen molar-refractivity contribution in [2.75, 3.05) is 11.9 Å². The van der Waals surface area contributed by atoms with E-state index in [-0.39, 0.29) is 11.8 Å². The summed E-state index contributed by atoms with van der Waals surface area (Å²) in [6, 6.07) is 14.7. The molecule has 0 saturated carbocycles. The molecule has 1 unspecified atom stereocenters. The van der Waals surface area contributed by atoms with Gasteiger partial charge in [0.25, 0.3) is 0 Å². The molecule has 1 amide bonds. The van der Waals surface area contributed by atoms with E-state index in [1.54, 1.807) is 18.2 Å². The van der Waals surface area contributed by atoms with Crippen LogP contribution in [-0.4, -0.2) is 23.6 Å². The molecule has 5 heteroatoms. The van der Waals surface area contributed by atoms with E-state index in [1.165, 1.54) is 0 Å². The second-order valence-electron chi connectivity index (χ2n) is 5.52. The lowest BCUT2D eigenvalue weighted by molar-refractivity contribution is -0.139. The predicted octanol–water partition coefficient (Wildman–Crippen LogP) is 3.59. The van der Waals surface area contributed by atoms with E-state index in [0.29, 0.717) is 17.9 Å². The number of aliphatic carboxylic acids is 1. The number of amides is 1. The quantitative estimate of drug-likeness (QED) is 0.815. The van der Waals surface area contributed by atoms with Crippen LogP contribution in [0.15, 0.2) is 48.5 Å². The summed E-state index contributed by atoms with van der Waals surface area (Å²) in [5.41, 5.74) is 2.49. The molecule has 0 bridgehead atoms. The Bertz CT molecular complexity index is 713. The smallest absolute Gasteiger partial charge is 0.341 e. The zero-order valence-corrected chi connectivity index (χ0v) is 13.8. The van der Waals surface area contributed by atoms with Crippen LogP contribution >= 0.6 is 0 Å². The maximum Gasteiger partial charge on any atom is 0.341 e. The van der Waals surface area contributed by atoms with Gasteiger partial charge in [-0.1, -0.05) is 37.3 Å². The van der Waals surface area contributed by atoms with Gasteiger partial charge in [0.15, 0.2) is 6.61 Å². The third kappa shape index (κ3) is 4.59. The maximum atomic E-state index is 12.6. The number of rotatable bonds is 7. The Balaban J connectivity index is 2.09. The minimum Gasteiger partial charge on any atom is -0.482 e. The molecule has 24 heavy (non-hydrogen) atoms. The highest BCUT2D eigenvalue weighted by atomic mass is 16.5. The lowest BCUT2D eigenvalue weighted by atomic mass is 9.95. The minimum atomic E-state index is -1.03. The molecule has 5 nitrogen and oxygen atoms in total. The van der Waals surface area contributed by atoms with Crippen LogP contribution in [0.1, 0.15) is 30.4 Å². The summed E-state index contributed by atoms with van der Waals surface area (Å²) >= 11 is 0. The molecule has 0 aliphatic rings. The third-order valence-electron chi connectivity index (χ3n) is 3.74. The van der Waals surface area contributed by atoms with Gasteiger partial charge in [-0.05, 0) is 42.7 Å². The first-order valence-corrected chi connectivity index (χ1v) is 7.82. The Morgan fingerprint density at radius 3 is 2.46 bits per heavy atom. The van der Waals surface area contributed by atoms with Crippen LogP contribution in [0.25, 0.3) is 0 Å². The summed E-state index contributed by atoms with van der Waals surface area (Å²) < 4.78 is 5.13. The zero-order valence-electron chi connectivity index (χ0n) is 13.8. The number of aryl methyl sites for hydroxylation is 1. The molecule has 0 radical (unpaired) electrons. The summed E-state index contributed by atoms with van der Waals surface area (Å²) in [5, 5.41) is 11.6. The molecular weight excluding hydrogens is 306 g/mol. The number of anilines is 1. The van der Waals surface area contributed by atoms with Gasteiger partial charge in [0.2, 0.25) is 5.91 Å². The van der Waals surface area contributed by atoms with E-state index >= 15 is 0 Å². The standard InChI is InChI=1S/C19H21NO4/c1-3-16(14-7-5-4-6-8-14)19(23)20-17-10-9-15(11-13(17)2)24-12-18(21)22/h4-11,16H,3,12H2,1-2H3,(H,20,23)(H,21,22). The molecule has 0 saturated heterocycles. The molecule has 2 aromatic rings. The van der Waals surface area contributed by atoms with Gasteiger partial charge in [-0.25, -0.2) is 4.79 Å². The van der Waals surface area contributed by atoms with Gasteiger partial charge in [0.05, 0.1) is 5.92 Å². The number of carbonyl (C=O) groups is 2. The number of carboxylic acid groups (broad SMARTS) is 1. The molecule has 0 fully saturated rings. The van der Waals surface area contributed by atoms with Gasteiger partial charge in [-0.3, -0.25) is 4.79 Å². The van der Waals surface area contributed by atoms with E-state index in [4.69, 9.17) is 9.84 Å². The fourth-order valence-corrected chi connectivity index (χ4v) is 2.49. The average molecular weight is 327 g/mol. The molecule has 2 aromatic carbocycles. The first-order valence-electron chi connectivity index (χ1n) is 7.82. The Morgan fingerprint density at radius 1 is 1.17 bits per heavy atom. The number of benzene rings is 2. The Kier molecular flexibility index (Phi) is 5.95. The highest BCUT2D eigenvalue weighted by Crippen LogP contribution is 2.25. The van der Waals surface area contributed by atoms with Gasteiger partial charge in [-0.15, -0.1) is 0 Å².